The summed E-state index contributed by atoms with van der Waals surface area (Å²) in [5.74, 6) is 2.70. The third kappa shape index (κ3) is 2.45. The minimum atomic E-state index is 0.413. The van der Waals surface area contributed by atoms with E-state index in [1.807, 2.05) is 6.20 Å². The number of rotatable bonds is 5. The highest BCUT2D eigenvalue weighted by atomic mass is 79.9. The lowest BCUT2D eigenvalue weighted by molar-refractivity contribution is 0.240. The molecule has 2 fully saturated rings. The summed E-state index contributed by atoms with van der Waals surface area (Å²) in [7, 11) is 0. The van der Waals surface area contributed by atoms with Crippen LogP contribution >= 0.6 is 15.9 Å². The van der Waals surface area contributed by atoms with E-state index in [2.05, 4.69) is 51.8 Å². The molecule has 0 aliphatic heterocycles. The highest BCUT2D eigenvalue weighted by Crippen LogP contribution is 2.53. The van der Waals surface area contributed by atoms with Crippen molar-refractivity contribution in [1.82, 2.24) is 15.1 Å². The molecule has 0 radical (unpaired) electrons. The summed E-state index contributed by atoms with van der Waals surface area (Å²) in [6.45, 7) is 7.66. The SMILES string of the molecule is CCNC(c1c(Br)cnn1C(C)C)C1CC2CCC1C2. The Morgan fingerprint density at radius 1 is 1.40 bits per heavy atom. The average Bonchev–Trinajstić information content (AvgIpc) is 3.10. The van der Waals surface area contributed by atoms with Gasteiger partial charge < -0.3 is 5.32 Å². The van der Waals surface area contributed by atoms with Gasteiger partial charge in [-0.25, -0.2) is 0 Å². The molecule has 0 spiro atoms. The lowest BCUT2D eigenvalue weighted by Crippen LogP contribution is -2.33. The molecule has 2 aliphatic rings. The van der Waals surface area contributed by atoms with E-state index < -0.39 is 0 Å². The Balaban J connectivity index is 1.92. The van der Waals surface area contributed by atoms with Gasteiger partial charge in [0.25, 0.3) is 0 Å². The maximum Gasteiger partial charge on any atom is 0.0701 e. The van der Waals surface area contributed by atoms with Crippen molar-refractivity contribution in [3.05, 3.63) is 16.4 Å². The standard InChI is InChI=1S/C16H26BrN3/c1-4-18-15(13-8-11-5-6-12(13)7-11)16-14(17)9-19-20(16)10(2)3/h9-13,15,18H,4-8H2,1-3H3. The maximum atomic E-state index is 4.58. The van der Waals surface area contributed by atoms with Gasteiger partial charge in [0.2, 0.25) is 0 Å². The van der Waals surface area contributed by atoms with Crippen LogP contribution in [0.4, 0.5) is 0 Å². The number of aromatic nitrogens is 2. The van der Waals surface area contributed by atoms with Crippen LogP contribution in [0.3, 0.4) is 0 Å². The minimum Gasteiger partial charge on any atom is -0.309 e. The van der Waals surface area contributed by atoms with Crippen LogP contribution in [0.1, 0.15) is 64.2 Å². The van der Waals surface area contributed by atoms with E-state index in [1.54, 1.807) is 0 Å². The Bertz CT molecular complexity index is 468. The second-order valence-corrected chi connectivity index (χ2v) is 7.64. The van der Waals surface area contributed by atoms with Gasteiger partial charge in [0, 0.05) is 6.04 Å². The summed E-state index contributed by atoms with van der Waals surface area (Å²) in [6, 6.07) is 0.866. The van der Waals surface area contributed by atoms with Crippen LogP contribution in [0.15, 0.2) is 10.7 Å². The van der Waals surface area contributed by atoms with Gasteiger partial charge in [-0.1, -0.05) is 13.3 Å². The molecule has 1 aromatic heterocycles. The zero-order chi connectivity index (χ0) is 14.3. The highest BCUT2D eigenvalue weighted by Gasteiger charge is 2.44. The summed E-state index contributed by atoms with van der Waals surface area (Å²) in [5.41, 5.74) is 1.36. The van der Waals surface area contributed by atoms with Crippen molar-refractivity contribution in [2.75, 3.05) is 6.54 Å². The first-order valence-electron chi connectivity index (χ1n) is 8.08. The smallest absolute Gasteiger partial charge is 0.0701 e. The molecule has 2 aliphatic carbocycles. The summed E-state index contributed by atoms with van der Waals surface area (Å²) in [5, 5.41) is 8.34. The topological polar surface area (TPSA) is 29.9 Å². The highest BCUT2D eigenvalue weighted by molar-refractivity contribution is 9.10. The quantitative estimate of drug-likeness (QED) is 0.865. The second-order valence-electron chi connectivity index (χ2n) is 6.79. The van der Waals surface area contributed by atoms with Gasteiger partial charge >= 0.3 is 0 Å². The van der Waals surface area contributed by atoms with Gasteiger partial charge in [-0.05, 0) is 73.3 Å². The third-order valence-electron chi connectivity index (χ3n) is 5.22. The van der Waals surface area contributed by atoms with Crippen LogP contribution in [0.25, 0.3) is 0 Å². The van der Waals surface area contributed by atoms with E-state index in [1.165, 1.54) is 35.8 Å². The van der Waals surface area contributed by atoms with Crippen molar-refractivity contribution >= 4 is 15.9 Å². The van der Waals surface area contributed by atoms with Crippen LogP contribution in [0.5, 0.6) is 0 Å². The summed E-state index contributed by atoms with van der Waals surface area (Å²) in [4.78, 5) is 0. The van der Waals surface area contributed by atoms with Crippen molar-refractivity contribution in [2.45, 2.75) is 58.5 Å². The van der Waals surface area contributed by atoms with E-state index in [0.717, 1.165) is 24.3 Å². The second kappa shape index (κ2) is 5.80. The zero-order valence-corrected chi connectivity index (χ0v) is 14.4. The first-order chi connectivity index (χ1) is 9.61. The molecule has 0 aromatic carbocycles. The normalized spacial score (nSPS) is 30.4. The van der Waals surface area contributed by atoms with Gasteiger partial charge in [-0.3, -0.25) is 4.68 Å². The minimum absolute atomic E-state index is 0.413. The summed E-state index contributed by atoms with van der Waals surface area (Å²) in [6.07, 6.45) is 7.72. The largest absolute Gasteiger partial charge is 0.309 e. The zero-order valence-electron chi connectivity index (χ0n) is 12.8. The molecule has 20 heavy (non-hydrogen) atoms. The van der Waals surface area contributed by atoms with Crippen LogP contribution in [0.2, 0.25) is 0 Å². The van der Waals surface area contributed by atoms with Gasteiger partial charge in [0.05, 0.1) is 22.4 Å². The summed E-state index contributed by atoms with van der Waals surface area (Å²) < 4.78 is 3.36. The molecule has 3 nitrogen and oxygen atoms in total. The van der Waals surface area contributed by atoms with Crippen LogP contribution in [-0.2, 0) is 0 Å². The number of halogens is 1. The fourth-order valence-corrected chi connectivity index (χ4v) is 4.95. The lowest BCUT2D eigenvalue weighted by atomic mass is 9.82. The molecule has 1 N–H and O–H groups in total. The van der Waals surface area contributed by atoms with Crippen molar-refractivity contribution in [2.24, 2.45) is 17.8 Å². The number of nitrogens with one attached hydrogen (secondary N) is 1. The number of hydrogen-bond acceptors (Lipinski definition) is 2. The molecule has 1 heterocycles. The van der Waals surface area contributed by atoms with Gasteiger partial charge in [0.1, 0.15) is 0 Å². The molecule has 4 unspecified atom stereocenters. The molecule has 0 saturated heterocycles. The number of hydrogen-bond donors (Lipinski definition) is 1. The molecular weight excluding hydrogens is 314 g/mol. The van der Waals surface area contributed by atoms with Crippen LogP contribution in [0, 0.1) is 17.8 Å². The fourth-order valence-electron chi connectivity index (χ4n) is 4.43. The Morgan fingerprint density at radius 3 is 2.75 bits per heavy atom. The van der Waals surface area contributed by atoms with E-state index in [-0.39, 0.29) is 0 Å². The van der Waals surface area contributed by atoms with Crippen molar-refractivity contribution in [3.8, 4) is 0 Å². The third-order valence-corrected chi connectivity index (χ3v) is 5.83. The molecule has 112 valence electrons. The molecule has 4 heteroatoms. The molecule has 4 atom stereocenters. The van der Waals surface area contributed by atoms with Gasteiger partial charge in [-0.15, -0.1) is 0 Å². The average molecular weight is 340 g/mol. The van der Waals surface area contributed by atoms with Crippen LogP contribution < -0.4 is 5.32 Å². The first kappa shape index (κ1) is 14.6. The molecule has 1 aromatic rings. The van der Waals surface area contributed by atoms with E-state index in [9.17, 15) is 0 Å². The Labute approximate surface area is 130 Å². The lowest BCUT2D eigenvalue weighted by Gasteiger charge is -2.32. The molecule has 3 rings (SSSR count). The first-order valence-corrected chi connectivity index (χ1v) is 8.87. The van der Waals surface area contributed by atoms with E-state index >= 15 is 0 Å². The molecular formula is C16H26BrN3. The van der Waals surface area contributed by atoms with Crippen molar-refractivity contribution in [1.29, 1.82) is 0 Å². The molecule has 0 amide bonds. The van der Waals surface area contributed by atoms with Crippen molar-refractivity contribution in [3.63, 3.8) is 0 Å². The number of fused-ring (bicyclic) bond motifs is 2. The van der Waals surface area contributed by atoms with E-state index in [4.69, 9.17) is 0 Å². The van der Waals surface area contributed by atoms with Gasteiger partial charge in [-0.2, -0.15) is 5.10 Å². The molecule has 2 bridgehead atoms. The van der Waals surface area contributed by atoms with Crippen molar-refractivity contribution < 1.29 is 0 Å². The Morgan fingerprint density at radius 2 is 2.20 bits per heavy atom. The summed E-state index contributed by atoms with van der Waals surface area (Å²) >= 11 is 3.73. The fraction of sp³-hybridized carbons (Fsp3) is 0.812. The Hall–Kier alpha value is -0.350. The monoisotopic (exact) mass is 339 g/mol. The Kier molecular flexibility index (Phi) is 4.23. The van der Waals surface area contributed by atoms with E-state index in [0.29, 0.717) is 12.1 Å². The van der Waals surface area contributed by atoms with Gasteiger partial charge in [0.15, 0.2) is 0 Å². The maximum absolute atomic E-state index is 4.58. The number of nitrogens with zero attached hydrogens (tertiary/aromatic N) is 2. The predicted octanol–water partition coefficient (Wildman–Crippen LogP) is 4.31. The van der Waals surface area contributed by atoms with Crippen LogP contribution in [-0.4, -0.2) is 16.3 Å². The predicted molar refractivity (Wildman–Crippen MR) is 85.7 cm³/mol. The molecule has 2 saturated carbocycles.